The molecule has 0 amide bonds. The van der Waals surface area contributed by atoms with E-state index in [9.17, 15) is 4.79 Å². The van der Waals surface area contributed by atoms with Gasteiger partial charge in [-0.2, -0.15) is 0 Å². The lowest BCUT2D eigenvalue weighted by Gasteiger charge is -2.03. The molecule has 1 heterocycles. The normalized spacial score (nSPS) is 10.6. The Labute approximate surface area is 121 Å². The van der Waals surface area contributed by atoms with Gasteiger partial charge in [0.25, 0.3) is 0 Å². The van der Waals surface area contributed by atoms with Gasteiger partial charge in [-0.3, -0.25) is 0 Å². The Balaban J connectivity index is 2.08. The molecule has 0 aliphatic rings. The smallest absolute Gasteiger partial charge is 0.335 e. The van der Waals surface area contributed by atoms with Crippen LogP contribution < -0.4 is 0 Å². The second-order valence-corrected chi connectivity index (χ2v) is 6.75. The molecular weight excluding hydrogens is 336 g/mol. The number of hydrogen-bond acceptors (Lipinski definition) is 5. The zero-order chi connectivity index (χ0) is 13.1. The van der Waals surface area contributed by atoms with Gasteiger partial charge < -0.3 is 5.11 Å². The van der Waals surface area contributed by atoms with Crippen LogP contribution in [0, 0.1) is 6.92 Å². The Kier molecular flexibility index (Phi) is 4.36. The topological polar surface area (TPSA) is 63.1 Å². The van der Waals surface area contributed by atoms with Gasteiger partial charge in [-0.1, -0.05) is 45.1 Å². The number of carboxylic acid groups (broad SMARTS) is 1. The number of aryl methyl sites for hydroxylation is 1. The quantitative estimate of drug-likeness (QED) is 0.858. The molecule has 1 aromatic heterocycles. The summed E-state index contributed by atoms with van der Waals surface area (Å²) in [5, 5.41) is 17.8. The predicted molar refractivity (Wildman–Crippen MR) is 75.3 cm³/mol. The average Bonchev–Trinajstić information content (AvgIpc) is 2.73. The van der Waals surface area contributed by atoms with Gasteiger partial charge in [-0.15, -0.1) is 10.2 Å². The highest BCUT2D eigenvalue weighted by Crippen LogP contribution is 2.29. The minimum absolute atomic E-state index is 0.280. The number of carboxylic acids is 1. The summed E-state index contributed by atoms with van der Waals surface area (Å²) in [5.74, 6) is -0.190. The van der Waals surface area contributed by atoms with Crippen molar-refractivity contribution in [1.82, 2.24) is 10.2 Å². The fourth-order valence-corrected chi connectivity index (χ4v) is 3.80. The van der Waals surface area contributed by atoms with Crippen molar-refractivity contribution in [2.24, 2.45) is 0 Å². The standard InChI is InChI=1S/C11H9BrN2O2S2/c1-6-13-14-11(18-6)17-5-8-3-2-7(10(15)16)4-9(8)12/h2-4H,5H2,1H3,(H,15,16). The third kappa shape index (κ3) is 3.30. The van der Waals surface area contributed by atoms with Crippen molar-refractivity contribution in [2.45, 2.75) is 17.0 Å². The average molecular weight is 345 g/mol. The third-order valence-corrected chi connectivity index (χ3v) is 4.92. The highest BCUT2D eigenvalue weighted by molar-refractivity contribution is 9.10. The summed E-state index contributed by atoms with van der Waals surface area (Å²) in [5.41, 5.74) is 1.32. The van der Waals surface area contributed by atoms with E-state index in [4.69, 9.17) is 5.11 Å². The molecule has 2 rings (SSSR count). The number of rotatable bonds is 4. The van der Waals surface area contributed by atoms with Crippen molar-refractivity contribution in [3.8, 4) is 0 Å². The van der Waals surface area contributed by atoms with E-state index in [2.05, 4.69) is 26.1 Å². The first-order chi connectivity index (χ1) is 8.56. The number of carbonyl (C=O) groups is 1. The van der Waals surface area contributed by atoms with Gasteiger partial charge in [-0.05, 0) is 24.6 Å². The van der Waals surface area contributed by atoms with Gasteiger partial charge in [0.1, 0.15) is 5.01 Å². The summed E-state index contributed by atoms with van der Waals surface area (Å²) in [6.45, 7) is 1.92. The summed E-state index contributed by atoms with van der Waals surface area (Å²) in [7, 11) is 0. The summed E-state index contributed by atoms with van der Waals surface area (Å²) in [6.07, 6.45) is 0. The lowest BCUT2D eigenvalue weighted by atomic mass is 10.1. The summed E-state index contributed by atoms with van der Waals surface area (Å²) < 4.78 is 1.72. The van der Waals surface area contributed by atoms with Crippen molar-refractivity contribution in [3.05, 3.63) is 38.8 Å². The monoisotopic (exact) mass is 344 g/mol. The fourth-order valence-electron chi connectivity index (χ4n) is 1.27. The van der Waals surface area contributed by atoms with Crippen molar-refractivity contribution in [1.29, 1.82) is 0 Å². The second-order valence-electron chi connectivity index (χ2n) is 3.49. The van der Waals surface area contributed by atoms with Gasteiger partial charge in [0, 0.05) is 10.2 Å². The first kappa shape index (κ1) is 13.5. The van der Waals surface area contributed by atoms with E-state index in [1.165, 1.54) is 0 Å². The summed E-state index contributed by atoms with van der Waals surface area (Å²) in [4.78, 5) is 10.8. The van der Waals surface area contributed by atoms with Crippen molar-refractivity contribution in [2.75, 3.05) is 0 Å². The molecule has 1 aromatic carbocycles. The highest BCUT2D eigenvalue weighted by atomic mass is 79.9. The molecule has 0 aliphatic heterocycles. The number of aromatic nitrogens is 2. The Bertz CT molecular complexity index is 586. The molecule has 4 nitrogen and oxygen atoms in total. The van der Waals surface area contributed by atoms with Crippen LogP contribution >= 0.6 is 39.0 Å². The van der Waals surface area contributed by atoms with Crippen molar-refractivity contribution >= 4 is 45.0 Å². The van der Waals surface area contributed by atoms with E-state index in [0.717, 1.165) is 25.1 Å². The SMILES string of the molecule is Cc1nnc(SCc2ccc(C(=O)O)cc2Br)s1. The van der Waals surface area contributed by atoms with Crippen LogP contribution in [-0.4, -0.2) is 21.3 Å². The molecule has 0 bridgehead atoms. The number of hydrogen-bond donors (Lipinski definition) is 1. The van der Waals surface area contributed by atoms with Crippen LogP contribution in [-0.2, 0) is 5.75 Å². The zero-order valence-corrected chi connectivity index (χ0v) is 12.6. The highest BCUT2D eigenvalue weighted by Gasteiger charge is 2.08. The van der Waals surface area contributed by atoms with E-state index in [1.807, 2.05) is 13.0 Å². The summed E-state index contributed by atoms with van der Waals surface area (Å²) >= 11 is 6.53. The van der Waals surface area contributed by atoms with Gasteiger partial charge in [0.15, 0.2) is 4.34 Å². The number of benzene rings is 1. The lowest BCUT2D eigenvalue weighted by molar-refractivity contribution is 0.0697. The van der Waals surface area contributed by atoms with Crippen molar-refractivity contribution < 1.29 is 9.90 Å². The van der Waals surface area contributed by atoms with Gasteiger partial charge >= 0.3 is 5.97 Å². The molecule has 1 N–H and O–H groups in total. The first-order valence-electron chi connectivity index (χ1n) is 5.01. The Morgan fingerprint density at radius 2 is 2.28 bits per heavy atom. The van der Waals surface area contributed by atoms with Crippen LogP contribution in [0.5, 0.6) is 0 Å². The lowest BCUT2D eigenvalue weighted by Crippen LogP contribution is -1.96. The molecule has 0 saturated heterocycles. The molecule has 0 fully saturated rings. The van der Waals surface area contributed by atoms with E-state index < -0.39 is 5.97 Å². The molecule has 94 valence electrons. The van der Waals surface area contributed by atoms with Crippen molar-refractivity contribution in [3.63, 3.8) is 0 Å². The maximum atomic E-state index is 10.8. The Morgan fingerprint density at radius 3 is 2.83 bits per heavy atom. The zero-order valence-electron chi connectivity index (χ0n) is 9.38. The molecule has 7 heteroatoms. The van der Waals surface area contributed by atoms with Crippen LogP contribution in [0.15, 0.2) is 27.0 Å². The van der Waals surface area contributed by atoms with E-state index in [1.54, 1.807) is 35.2 Å². The van der Waals surface area contributed by atoms with Gasteiger partial charge in [0.2, 0.25) is 0 Å². The molecule has 0 aliphatic carbocycles. The maximum absolute atomic E-state index is 10.8. The molecule has 0 atom stereocenters. The first-order valence-corrected chi connectivity index (χ1v) is 7.60. The number of thioether (sulfide) groups is 1. The molecule has 0 saturated carbocycles. The molecule has 0 spiro atoms. The van der Waals surface area contributed by atoms with E-state index in [0.29, 0.717) is 0 Å². The molecule has 0 radical (unpaired) electrons. The third-order valence-electron chi connectivity index (χ3n) is 2.16. The Morgan fingerprint density at radius 1 is 1.50 bits per heavy atom. The van der Waals surface area contributed by atoms with Crippen LogP contribution in [0.25, 0.3) is 0 Å². The number of halogens is 1. The Hall–Kier alpha value is -0.920. The second kappa shape index (κ2) is 5.81. The number of aromatic carboxylic acids is 1. The minimum atomic E-state index is -0.922. The molecular formula is C11H9BrN2O2S2. The minimum Gasteiger partial charge on any atom is -0.478 e. The van der Waals surface area contributed by atoms with Gasteiger partial charge in [-0.25, -0.2) is 4.79 Å². The molecule has 2 aromatic rings. The fraction of sp³-hybridized carbons (Fsp3) is 0.182. The largest absolute Gasteiger partial charge is 0.478 e. The maximum Gasteiger partial charge on any atom is 0.335 e. The van der Waals surface area contributed by atoms with E-state index in [-0.39, 0.29) is 5.56 Å². The number of nitrogens with zero attached hydrogens (tertiary/aromatic N) is 2. The van der Waals surface area contributed by atoms with Gasteiger partial charge in [0.05, 0.1) is 5.56 Å². The molecule has 18 heavy (non-hydrogen) atoms. The van der Waals surface area contributed by atoms with E-state index >= 15 is 0 Å². The van der Waals surface area contributed by atoms with Crippen LogP contribution in [0.2, 0.25) is 0 Å². The van der Waals surface area contributed by atoms with Crippen LogP contribution in [0.4, 0.5) is 0 Å². The van der Waals surface area contributed by atoms with Crippen LogP contribution in [0.1, 0.15) is 20.9 Å². The van der Waals surface area contributed by atoms with Crippen LogP contribution in [0.3, 0.4) is 0 Å². The molecule has 0 unspecified atom stereocenters. The summed E-state index contributed by atoms with van der Waals surface area (Å²) in [6, 6.07) is 5.03. The predicted octanol–water partition coefficient (Wildman–Crippen LogP) is 3.60.